The molecule has 41 heavy (non-hydrogen) atoms. The average molecular weight is 744 g/mol. The Balaban J connectivity index is 1.70. The number of rotatable bonds is 4. The third-order valence-electron chi connectivity index (χ3n) is 8.65. The van der Waals surface area contributed by atoms with E-state index in [1.165, 1.54) is 55.6 Å². The Labute approximate surface area is 257 Å². The van der Waals surface area contributed by atoms with E-state index in [-0.39, 0.29) is 18.2 Å². The van der Waals surface area contributed by atoms with Gasteiger partial charge >= 0.3 is 259 Å². The molecule has 0 aliphatic heterocycles. The van der Waals surface area contributed by atoms with E-state index in [0.717, 1.165) is 0 Å². The molecule has 0 bridgehead atoms. The van der Waals surface area contributed by atoms with Crippen molar-refractivity contribution in [3.8, 4) is 33.4 Å². The van der Waals surface area contributed by atoms with Crippen LogP contribution in [0.25, 0.3) is 33.4 Å². The number of halogens is 2. The molecule has 0 spiro atoms. The molecule has 0 nitrogen and oxygen atoms in total. The maximum atomic E-state index is 7.75. The van der Waals surface area contributed by atoms with Crippen LogP contribution in [0.5, 0.6) is 0 Å². The van der Waals surface area contributed by atoms with Gasteiger partial charge in [0, 0.05) is 0 Å². The van der Waals surface area contributed by atoms with Crippen LogP contribution in [0.2, 0.25) is 3.67 Å². The van der Waals surface area contributed by atoms with Crippen LogP contribution in [-0.4, -0.2) is 0 Å². The minimum absolute atomic E-state index is 0.0289. The quantitative estimate of drug-likeness (QED) is 0.183. The van der Waals surface area contributed by atoms with Crippen molar-refractivity contribution in [3.63, 3.8) is 0 Å². The summed E-state index contributed by atoms with van der Waals surface area (Å²) in [6.45, 7) is 13.9. The van der Waals surface area contributed by atoms with Gasteiger partial charge < -0.3 is 0 Å². The van der Waals surface area contributed by atoms with Crippen LogP contribution in [0.1, 0.15) is 67.5 Å². The van der Waals surface area contributed by atoms with Gasteiger partial charge in [0.1, 0.15) is 0 Å². The maximum absolute atomic E-state index is 7.75. The van der Waals surface area contributed by atoms with Gasteiger partial charge in [-0.3, -0.25) is 0 Å². The van der Waals surface area contributed by atoms with Crippen molar-refractivity contribution in [2.24, 2.45) is 0 Å². The molecule has 0 saturated carbocycles. The van der Waals surface area contributed by atoms with Gasteiger partial charge in [0.25, 0.3) is 0 Å². The third kappa shape index (κ3) is 5.17. The van der Waals surface area contributed by atoms with Gasteiger partial charge in [-0.05, 0) is 0 Å². The van der Waals surface area contributed by atoms with Crippen molar-refractivity contribution in [2.75, 3.05) is 0 Å². The fraction of sp³-hybridized carbons (Fsp3) is 0.263. The molecule has 0 fully saturated rings. The number of benzene rings is 4. The second-order valence-corrected chi connectivity index (χ2v) is 34.7. The minimum atomic E-state index is -4.07. The summed E-state index contributed by atoms with van der Waals surface area (Å²) >= 11 is -4.07. The van der Waals surface area contributed by atoms with E-state index in [1.807, 2.05) is 0 Å². The van der Waals surface area contributed by atoms with Gasteiger partial charge in [-0.1, -0.05) is 0 Å². The Morgan fingerprint density at radius 3 is 1.29 bits per heavy atom. The van der Waals surface area contributed by atoms with Crippen molar-refractivity contribution in [1.82, 2.24) is 0 Å². The molecule has 0 unspecified atom stereocenters. The number of allylic oxidation sites excluding steroid dienone is 4. The van der Waals surface area contributed by atoms with Crippen molar-refractivity contribution >= 4 is 17.2 Å². The molecule has 0 heterocycles. The SMILES string of the molecule is CC(C)(C)c1cc2c(cc1-c1ccccc1)[CH]([Hf]([Cl])([Cl])[CH]1C=CC=C1)c1cc(-c3ccccc3)c(C(C)(C)C)cc1-2. The van der Waals surface area contributed by atoms with E-state index in [2.05, 4.69) is 151 Å². The first kappa shape index (κ1) is 28.9. The van der Waals surface area contributed by atoms with Crippen LogP contribution in [-0.2, 0) is 28.4 Å². The van der Waals surface area contributed by atoms with Gasteiger partial charge in [0.05, 0.1) is 0 Å². The Bertz CT molecular complexity index is 1550. The monoisotopic (exact) mass is 744 g/mol. The van der Waals surface area contributed by atoms with E-state index in [4.69, 9.17) is 17.2 Å². The first-order valence-electron chi connectivity index (χ1n) is 14.6. The molecule has 0 aromatic heterocycles. The molecule has 0 amide bonds. The molecule has 2 aliphatic rings. The summed E-state index contributed by atoms with van der Waals surface area (Å²) < 4.78 is 0.167. The average Bonchev–Trinajstić information content (AvgIpc) is 3.59. The van der Waals surface area contributed by atoms with Gasteiger partial charge in [-0.15, -0.1) is 0 Å². The van der Waals surface area contributed by atoms with Crippen molar-refractivity contribution in [3.05, 3.63) is 131 Å². The summed E-state index contributed by atoms with van der Waals surface area (Å²) in [7, 11) is 15.5. The van der Waals surface area contributed by atoms with E-state index < -0.39 is 17.6 Å². The van der Waals surface area contributed by atoms with Crippen LogP contribution in [0.3, 0.4) is 0 Å². The predicted octanol–water partition coefficient (Wildman–Crippen LogP) is 12.1. The van der Waals surface area contributed by atoms with Crippen LogP contribution >= 0.6 is 17.2 Å². The standard InChI is InChI=1S/C33H33.C5H5.2ClH.Hf/c1-32(2,3)30-20-26-24(18-28(30)22-13-9-7-10-14-22)17-25-19-29(23-15-11-8-12-16-23)31(21-27(25)26)33(4,5)6;1-2-4-5-3-1;;;/h7-21H,1-6H3;1-5H;2*1H;/q;;;;+2/p-2. The summed E-state index contributed by atoms with van der Waals surface area (Å²) in [4.78, 5) is 0. The molecule has 4 aromatic carbocycles. The second kappa shape index (κ2) is 10.5. The van der Waals surface area contributed by atoms with Gasteiger partial charge in [0.15, 0.2) is 0 Å². The molecule has 0 radical (unpaired) electrons. The van der Waals surface area contributed by atoms with E-state index in [0.29, 0.717) is 0 Å². The molecule has 0 N–H and O–H groups in total. The number of hydrogen-bond donors (Lipinski definition) is 0. The summed E-state index contributed by atoms with van der Waals surface area (Å²) in [5.74, 6) is 0. The number of hydrogen-bond acceptors (Lipinski definition) is 0. The fourth-order valence-corrected chi connectivity index (χ4v) is 21.5. The zero-order chi connectivity index (χ0) is 29.2. The molecular formula is C38H38Cl2Hf. The molecule has 4 aromatic rings. The van der Waals surface area contributed by atoms with Crippen LogP contribution in [0.15, 0.2) is 109 Å². The number of fused-ring (bicyclic) bond motifs is 3. The molecular weight excluding hydrogens is 706 g/mol. The van der Waals surface area contributed by atoms with Crippen LogP contribution in [0, 0.1) is 0 Å². The van der Waals surface area contributed by atoms with Crippen molar-refractivity contribution in [1.29, 1.82) is 0 Å². The Morgan fingerprint density at radius 2 is 0.927 bits per heavy atom. The molecule has 2 aliphatic carbocycles. The summed E-state index contributed by atoms with van der Waals surface area (Å²) in [5.41, 5.74) is 12.9. The molecule has 6 rings (SSSR count). The Hall–Kier alpha value is -2.19. The predicted molar refractivity (Wildman–Crippen MR) is 176 cm³/mol. The van der Waals surface area contributed by atoms with Crippen LogP contribution in [0.4, 0.5) is 0 Å². The molecule has 208 valence electrons. The molecule has 3 heteroatoms. The second-order valence-electron chi connectivity index (χ2n) is 13.6. The summed E-state index contributed by atoms with van der Waals surface area (Å²) in [6.07, 6.45) is 8.67. The summed E-state index contributed by atoms with van der Waals surface area (Å²) in [6, 6.07) is 31.4. The Kier molecular flexibility index (Phi) is 7.41. The van der Waals surface area contributed by atoms with Gasteiger partial charge in [-0.25, -0.2) is 0 Å². The van der Waals surface area contributed by atoms with Crippen molar-refractivity contribution < 1.29 is 17.6 Å². The van der Waals surface area contributed by atoms with E-state index in [9.17, 15) is 0 Å². The fourth-order valence-electron chi connectivity index (χ4n) is 6.59. The Morgan fingerprint density at radius 1 is 0.537 bits per heavy atom. The van der Waals surface area contributed by atoms with E-state index in [1.54, 1.807) is 0 Å². The zero-order valence-corrected chi connectivity index (χ0v) is 29.9. The normalized spacial score (nSPS) is 15.4. The van der Waals surface area contributed by atoms with Crippen LogP contribution < -0.4 is 0 Å². The first-order chi connectivity index (χ1) is 19.4. The summed E-state index contributed by atoms with van der Waals surface area (Å²) in [5, 5.41) is 0. The topological polar surface area (TPSA) is 0 Å². The van der Waals surface area contributed by atoms with Gasteiger partial charge in [0.2, 0.25) is 0 Å². The van der Waals surface area contributed by atoms with E-state index >= 15 is 0 Å². The third-order valence-corrected chi connectivity index (χ3v) is 25.9. The first-order valence-corrected chi connectivity index (χ1v) is 27.6. The zero-order valence-electron chi connectivity index (χ0n) is 24.8. The molecule has 0 saturated heterocycles. The van der Waals surface area contributed by atoms with Crippen molar-refractivity contribution in [2.45, 2.75) is 59.7 Å². The van der Waals surface area contributed by atoms with Gasteiger partial charge in [-0.2, -0.15) is 0 Å². The molecule has 0 atom stereocenters.